The largest absolute Gasteiger partial charge is 0.303 e. The molecule has 20 heavy (non-hydrogen) atoms. The van der Waals surface area contributed by atoms with Crippen molar-refractivity contribution < 1.29 is 0 Å². The first-order valence-corrected chi connectivity index (χ1v) is 7.58. The van der Waals surface area contributed by atoms with Gasteiger partial charge in [0.05, 0.1) is 11.2 Å². The number of hydrogen-bond donors (Lipinski definition) is 0. The second-order valence-electron chi connectivity index (χ2n) is 5.62. The molecular weight excluding hydrogens is 244 g/mol. The summed E-state index contributed by atoms with van der Waals surface area (Å²) in [6.07, 6.45) is 8.30. The summed E-state index contributed by atoms with van der Waals surface area (Å²) >= 11 is 0. The smallest absolute Gasteiger partial charge is 0.0709 e. The molecule has 0 unspecified atom stereocenters. The van der Waals surface area contributed by atoms with Gasteiger partial charge in [-0.25, -0.2) is 4.98 Å². The molecule has 2 nitrogen and oxygen atoms in total. The molecule has 104 valence electrons. The molecule has 0 bridgehead atoms. The number of nitrogens with zero attached hydrogens (tertiary/aromatic N) is 2. The predicted octanol–water partition coefficient (Wildman–Crippen LogP) is 4.04. The summed E-state index contributed by atoms with van der Waals surface area (Å²) in [6, 6.07) is 10.5. The van der Waals surface area contributed by atoms with Crippen molar-refractivity contribution in [1.29, 1.82) is 0 Å². The Balaban J connectivity index is 1.68. The summed E-state index contributed by atoms with van der Waals surface area (Å²) in [4.78, 5) is 7.29. The second kappa shape index (κ2) is 6.19. The van der Waals surface area contributed by atoms with Crippen LogP contribution >= 0.6 is 0 Å². The van der Waals surface area contributed by atoms with Crippen LogP contribution in [0.25, 0.3) is 17.0 Å². The molecule has 1 fully saturated rings. The van der Waals surface area contributed by atoms with Crippen LogP contribution in [-0.2, 0) is 0 Å². The Bertz CT molecular complexity index is 610. The standard InChI is InChI=1S/C18H22N2/c1-15-14-16-8-2-3-10-18(16)19-17(15)9-4-5-11-20-12-6-7-13-20/h2-4,8-10,14H,5-7,11-13H2,1H3/b9-4+. The Hall–Kier alpha value is -1.67. The van der Waals surface area contributed by atoms with E-state index in [4.69, 9.17) is 4.98 Å². The molecule has 0 radical (unpaired) electrons. The van der Waals surface area contributed by atoms with Gasteiger partial charge in [0.1, 0.15) is 0 Å². The minimum Gasteiger partial charge on any atom is -0.303 e. The van der Waals surface area contributed by atoms with Gasteiger partial charge in [0, 0.05) is 11.9 Å². The molecule has 1 aliphatic rings. The molecule has 1 aromatic carbocycles. The van der Waals surface area contributed by atoms with Crippen LogP contribution in [0.1, 0.15) is 30.5 Å². The summed E-state index contributed by atoms with van der Waals surface area (Å²) in [5.74, 6) is 0. The van der Waals surface area contributed by atoms with Crippen LogP contribution in [0, 0.1) is 6.92 Å². The van der Waals surface area contributed by atoms with Gasteiger partial charge in [-0.1, -0.05) is 24.3 Å². The van der Waals surface area contributed by atoms with Crippen LogP contribution in [0.15, 0.2) is 36.4 Å². The van der Waals surface area contributed by atoms with Crippen molar-refractivity contribution in [1.82, 2.24) is 9.88 Å². The quantitative estimate of drug-likeness (QED) is 0.830. The van der Waals surface area contributed by atoms with E-state index < -0.39 is 0 Å². The Morgan fingerprint density at radius 1 is 1.20 bits per heavy atom. The van der Waals surface area contributed by atoms with Crippen molar-refractivity contribution in [2.24, 2.45) is 0 Å². The van der Waals surface area contributed by atoms with Crippen molar-refractivity contribution in [3.05, 3.63) is 47.7 Å². The van der Waals surface area contributed by atoms with E-state index in [2.05, 4.69) is 48.2 Å². The molecule has 0 atom stereocenters. The zero-order chi connectivity index (χ0) is 13.8. The molecule has 0 amide bonds. The molecule has 1 aliphatic heterocycles. The molecule has 0 aliphatic carbocycles. The van der Waals surface area contributed by atoms with Crippen LogP contribution in [0.3, 0.4) is 0 Å². The molecule has 3 rings (SSSR count). The van der Waals surface area contributed by atoms with E-state index in [1.54, 1.807) is 0 Å². The predicted molar refractivity (Wildman–Crippen MR) is 85.8 cm³/mol. The van der Waals surface area contributed by atoms with Gasteiger partial charge >= 0.3 is 0 Å². The van der Waals surface area contributed by atoms with Crippen molar-refractivity contribution in [2.45, 2.75) is 26.2 Å². The summed E-state index contributed by atoms with van der Waals surface area (Å²) < 4.78 is 0. The van der Waals surface area contributed by atoms with Gasteiger partial charge in [0.2, 0.25) is 0 Å². The highest BCUT2D eigenvalue weighted by Gasteiger charge is 2.09. The Labute approximate surface area is 121 Å². The minimum atomic E-state index is 1.08. The summed E-state index contributed by atoms with van der Waals surface area (Å²) in [5, 5.41) is 1.22. The second-order valence-corrected chi connectivity index (χ2v) is 5.62. The monoisotopic (exact) mass is 266 g/mol. The SMILES string of the molecule is Cc1cc2ccccc2nc1/C=C/CCN1CCCC1. The van der Waals surface area contributed by atoms with Gasteiger partial charge in [-0.3, -0.25) is 0 Å². The van der Waals surface area contributed by atoms with Crippen molar-refractivity contribution in [3.8, 4) is 0 Å². The zero-order valence-corrected chi connectivity index (χ0v) is 12.2. The van der Waals surface area contributed by atoms with E-state index >= 15 is 0 Å². The van der Waals surface area contributed by atoms with E-state index in [1.807, 2.05) is 6.07 Å². The molecule has 0 N–H and O–H groups in total. The fraction of sp³-hybridized carbons (Fsp3) is 0.389. The third-order valence-electron chi connectivity index (χ3n) is 4.04. The molecule has 2 aromatic rings. The zero-order valence-electron chi connectivity index (χ0n) is 12.2. The molecule has 1 saturated heterocycles. The maximum Gasteiger partial charge on any atom is 0.0709 e. The number of aryl methyl sites for hydroxylation is 1. The van der Waals surface area contributed by atoms with Crippen LogP contribution in [0.2, 0.25) is 0 Å². The molecular formula is C18H22N2. The van der Waals surface area contributed by atoms with Gasteiger partial charge in [0.15, 0.2) is 0 Å². The van der Waals surface area contributed by atoms with Gasteiger partial charge < -0.3 is 4.90 Å². The number of hydrogen-bond acceptors (Lipinski definition) is 2. The average molecular weight is 266 g/mol. The average Bonchev–Trinajstić information content (AvgIpc) is 2.97. The Morgan fingerprint density at radius 3 is 2.85 bits per heavy atom. The lowest BCUT2D eigenvalue weighted by Gasteiger charge is -2.12. The van der Waals surface area contributed by atoms with E-state index in [1.165, 1.54) is 43.4 Å². The normalized spacial score (nSPS) is 16.4. The molecule has 0 spiro atoms. The third kappa shape index (κ3) is 3.07. The van der Waals surface area contributed by atoms with Crippen LogP contribution in [-0.4, -0.2) is 29.5 Å². The van der Waals surface area contributed by atoms with Crippen molar-refractivity contribution >= 4 is 17.0 Å². The Kier molecular flexibility index (Phi) is 4.12. The van der Waals surface area contributed by atoms with Gasteiger partial charge in [-0.15, -0.1) is 0 Å². The Morgan fingerprint density at radius 2 is 2.00 bits per heavy atom. The van der Waals surface area contributed by atoms with E-state index in [-0.39, 0.29) is 0 Å². The summed E-state index contributed by atoms with van der Waals surface area (Å²) in [5.41, 5.74) is 3.43. The third-order valence-corrected chi connectivity index (χ3v) is 4.04. The van der Waals surface area contributed by atoms with E-state index in [0.717, 1.165) is 17.6 Å². The summed E-state index contributed by atoms with van der Waals surface area (Å²) in [6.45, 7) is 5.88. The van der Waals surface area contributed by atoms with Crippen molar-refractivity contribution in [2.75, 3.05) is 19.6 Å². The number of benzene rings is 1. The van der Waals surface area contributed by atoms with E-state index in [9.17, 15) is 0 Å². The van der Waals surface area contributed by atoms with Gasteiger partial charge in [-0.2, -0.15) is 0 Å². The molecule has 0 saturated carbocycles. The van der Waals surface area contributed by atoms with E-state index in [0.29, 0.717) is 0 Å². The number of para-hydroxylation sites is 1. The maximum atomic E-state index is 4.74. The van der Waals surface area contributed by atoms with Crippen LogP contribution in [0.5, 0.6) is 0 Å². The first-order valence-electron chi connectivity index (χ1n) is 7.58. The summed E-state index contributed by atoms with van der Waals surface area (Å²) in [7, 11) is 0. The lowest BCUT2D eigenvalue weighted by Crippen LogP contribution is -2.19. The van der Waals surface area contributed by atoms with Gasteiger partial charge in [0.25, 0.3) is 0 Å². The molecule has 1 aromatic heterocycles. The van der Waals surface area contributed by atoms with Gasteiger partial charge in [-0.05, 0) is 63.0 Å². The maximum absolute atomic E-state index is 4.74. The highest BCUT2D eigenvalue weighted by molar-refractivity contribution is 5.80. The van der Waals surface area contributed by atoms with Crippen LogP contribution < -0.4 is 0 Å². The highest BCUT2D eigenvalue weighted by atomic mass is 15.1. The number of aromatic nitrogens is 1. The minimum absolute atomic E-state index is 1.08. The fourth-order valence-corrected chi connectivity index (χ4v) is 2.86. The lowest BCUT2D eigenvalue weighted by atomic mass is 10.1. The number of fused-ring (bicyclic) bond motifs is 1. The molecule has 2 heterocycles. The van der Waals surface area contributed by atoms with Crippen LogP contribution in [0.4, 0.5) is 0 Å². The fourth-order valence-electron chi connectivity index (χ4n) is 2.86. The number of pyridine rings is 1. The molecule has 2 heteroatoms. The van der Waals surface area contributed by atoms with Crippen molar-refractivity contribution in [3.63, 3.8) is 0 Å². The highest BCUT2D eigenvalue weighted by Crippen LogP contribution is 2.17. The topological polar surface area (TPSA) is 16.1 Å². The lowest BCUT2D eigenvalue weighted by molar-refractivity contribution is 0.346. The first-order chi connectivity index (χ1) is 9.83. The first kappa shape index (κ1) is 13.3. The number of rotatable bonds is 4. The number of likely N-dealkylation sites (tertiary alicyclic amines) is 1.